The van der Waals surface area contributed by atoms with Gasteiger partial charge in [-0.2, -0.15) is 0 Å². The van der Waals surface area contributed by atoms with Crippen molar-refractivity contribution < 1.29 is 19.1 Å². The van der Waals surface area contributed by atoms with Crippen LogP contribution >= 0.6 is 0 Å². The van der Waals surface area contributed by atoms with Gasteiger partial charge in [0.05, 0.1) is 19.4 Å². The van der Waals surface area contributed by atoms with Crippen LogP contribution in [0.5, 0.6) is 5.75 Å². The molecule has 0 bridgehead atoms. The maximum absolute atomic E-state index is 12.0. The summed E-state index contributed by atoms with van der Waals surface area (Å²) in [7, 11) is 1.30. The van der Waals surface area contributed by atoms with Crippen molar-refractivity contribution in [1.29, 1.82) is 0 Å². The number of carbonyl (C=O) groups excluding carboxylic acids is 2. The molecular weight excluding hydrogens is 308 g/mol. The van der Waals surface area contributed by atoms with E-state index in [0.29, 0.717) is 29.3 Å². The average molecular weight is 328 g/mol. The molecule has 6 heteroatoms. The lowest BCUT2D eigenvalue weighted by Gasteiger charge is -2.05. The van der Waals surface area contributed by atoms with Crippen molar-refractivity contribution in [2.75, 3.05) is 19.0 Å². The Kier molecular flexibility index (Phi) is 5.78. The van der Waals surface area contributed by atoms with E-state index in [9.17, 15) is 9.59 Å². The van der Waals surface area contributed by atoms with Crippen molar-refractivity contribution >= 4 is 23.6 Å². The zero-order valence-corrected chi connectivity index (χ0v) is 13.9. The van der Waals surface area contributed by atoms with Gasteiger partial charge in [-0.3, -0.25) is 4.79 Å². The Morgan fingerprint density at radius 1 is 1.25 bits per heavy atom. The topological polar surface area (TPSA) is 80.4 Å². The standard InChI is InChI=1S/C18H20N2O4/c1-4-24-17-12(2)19-16(18(22)23-3)14(17)10-11-15(21)20-13-8-6-5-7-9-13/h5-11,19H,4H2,1-3H3,(H,20,21)/b11-10+. The minimum Gasteiger partial charge on any atom is -0.491 e. The fraction of sp³-hybridized carbons (Fsp3) is 0.222. The van der Waals surface area contributed by atoms with Crippen molar-refractivity contribution in [3.8, 4) is 5.75 Å². The molecule has 0 atom stereocenters. The number of rotatable bonds is 6. The summed E-state index contributed by atoms with van der Waals surface area (Å²) in [5, 5.41) is 2.74. The lowest BCUT2D eigenvalue weighted by atomic mass is 10.2. The van der Waals surface area contributed by atoms with Crippen LogP contribution in [0, 0.1) is 6.92 Å². The fourth-order valence-electron chi connectivity index (χ4n) is 2.24. The predicted octanol–water partition coefficient (Wildman–Crippen LogP) is 3.16. The van der Waals surface area contributed by atoms with E-state index in [1.165, 1.54) is 13.2 Å². The van der Waals surface area contributed by atoms with Crippen LogP contribution in [0.25, 0.3) is 6.08 Å². The van der Waals surface area contributed by atoms with Gasteiger partial charge in [0.1, 0.15) is 11.4 Å². The molecule has 0 aliphatic rings. The summed E-state index contributed by atoms with van der Waals surface area (Å²) in [6.45, 7) is 4.08. The molecule has 1 aromatic carbocycles. The number of hydrogen-bond acceptors (Lipinski definition) is 4. The van der Waals surface area contributed by atoms with Gasteiger partial charge < -0.3 is 19.8 Å². The highest BCUT2D eigenvalue weighted by Crippen LogP contribution is 2.29. The zero-order valence-electron chi connectivity index (χ0n) is 13.9. The van der Waals surface area contributed by atoms with E-state index in [0.717, 1.165) is 0 Å². The van der Waals surface area contributed by atoms with E-state index in [1.54, 1.807) is 25.1 Å². The Labute approximate surface area is 140 Å². The smallest absolute Gasteiger partial charge is 0.355 e. The third-order valence-electron chi connectivity index (χ3n) is 3.29. The first kappa shape index (κ1) is 17.3. The predicted molar refractivity (Wildman–Crippen MR) is 92.1 cm³/mol. The molecule has 0 radical (unpaired) electrons. The second-order valence-electron chi connectivity index (χ2n) is 4.98. The molecule has 1 aromatic heterocycles. The number of benzene rings is 1. The van der Waals surface area contributed by atoms with E-state index in [1.807, 2.05) is 25.1 Å². The summed E-state index contributed by atoms with van der Waals surface area (Å²) in [5.74, 6) is -0.299. The van der Waals surface area contributed by atoms with Crippen LogP contribution in [0.15, 0.2) is 36.4 Å². The number of hydrogen-bond donors (Lipinski definition) is 2. The summed E-state index contributed by atoms with van der Waals surface area (Å²) in [6, 6.07) is 9.11. The molecule has 0 unspecified atom stereocenters. The molecular formula is C18H20N2O4. The maximum atomic E-state index is 12.0. The molecule has 1 amide bonds. The van der Waals surface area contributed by atoms with Gasteiger partial charge in [0, 0.05) is 17.3 Å². The number of H-pyrrole nitrogens is 1. The summed E-state index contributed by atoms with van der Waals surface area (Å²) in [6.07, 6.45) is 2.89. The van der Waals surface area contributed by atoms with Crippen LogP contribution in [-0.4, -0.2) is 30.6 Å². The zero-order chi connectivity index (χ0) is 17.5. The number of esters is 1. The first-order chi connectivity index (χ1) is 11.6. The molecule has 0 saturated carbocycles. The van der Waals surface area contributed by atoms with Crippen molar-refractivity contribution in [2.24, 2.45) is 0 Å². The van der Waals surface area contributed by atoms with E-state index >= 15 is 0 Å². The quantitative estimate of drug-likeness (QED) is 0.630. The SMILES string of the molecule is CCOc1c(C)[nH]c(C(=O)OC)c1/C=C/C(=O)Nc1ccccc1. The number of aryl methyl sites for hydroxylation is 1. The molecule has 126 valence electrons. The van der Waals surface area contributed by atoms with Crippen molar-refractivity contribution in [2.45, 2.75) is 13.8 Å². The summed E-state index contributed by atoms with van der Waals surface area (Å²) >= 11 is 0. The number of carbonyl (C=O) groups is 2. The van der Waals surface area contributed by atoms with E-state index in [-0.39, 0.29) is 11.6 Å². The molecule has 0 aliphatic heterocycles. The van der Waals surface area contributed by atoms with Gasteiger partial charge >= 0.3 is 5.97 Å². The normalized spacial score (nSPS) is 10.6. The number of nitrogens with one attached hydrogen (secondary N) is 2. The second kappa shape index (κ2) is 8.01. The maximum Gasteiger partial charge on any atom is 0.355 e. The van der Waals surface area contributed by atoms with Gasteiger partial charge in [-0.15, -0.1) is 0 Å². The largest absolute Gasteiger partial charge is 0.491 e. The summed E-state index contributed by atoms with van der Waals surface area (Å²) in [5.41, 5.74) is 2.13. The second-order valence-corrected chi connectivity index (χ2v) is 4.98. The summed E-state index contributed by atoms with van der Waals surface area (Å²) < 4.78 is 10.3. The van der Waals surface area contributed by atoms with Crippen molar-refractivity contribution in [1.82, 2.24) is 4.98 Å². The Morgan fingerprint density at radius 3 is 2.58 bits per heavy atom. The molecule has 0 fully saturated rings. The highest BCUT2D eigenvalue weighted by atomic mass is 16.5. The fourth-order valence-corrected chi connectivity index (χ4v) is 2.24. The monoisotopic (exact) mass is 328 g/mol. The first-order valence-electron chi connectivity index (χ1n) is 7.54. The average Bonchev–Trinajstić information content (AvgIpc) is 2.90. The molecule has 0 saturated heterocycles. The number of para-hydroxylation sites is 1. The van der Waals surface area contributed by atoms with Crippen LogP contribution < -0.4 is 10.1 Å². The van der Waals surface area contributed by atoms with E-state index < -0.39 is 5.97 Å². The van der Waals surface area contributed by atoms with Gasteiger partial charge in [0.25, 0.3) is 0 Å². The van der Waals surface area contributed by atoms with Crippen molar-refractivity contribution in [3.05, 3.63) is 53.4 Å². The van der Waals surface area contributed by atoms with Gasteiger partial charge in [-0.05, 0) is 32.1 Å². The molecule has 0 spiro atoms. The molecule has 6 nitrogen and oxygen atoms in total. The number of aromatic nitrogens is 1. The van der Waals surface area contributed by atoms with Crippen LogP contribution in [0.1, 0.15) is 28.7 Å². The minimum atomic E-state index is -0.521. The lowest BCUT2D eigenvalue weighted by molar-refractivity contribution is -0.111. The highest BCUT2D eigenvalue weighted by molar-refractivity contribution is 6.03. The van der Waals surface area contributed by atoms with Gasteiger partial charge in [0.15, 0.2) is 0 Å². The molecule has 2 aromatic rings. The molecule has 24 heavy (non-hydrogen) atoms. The Bertz CT molecular complexity index is 748. The number of aromatic amines is 1. The number of amides is 1. The Balaban J connectivity index is 2.26. The number of anilines is 1. The van der Waals surface area contributed by atoms with E-state index in [2.05, 4.69) is 10.3 Å². The molecule has 2 rings (SSSR count). The van der Waals surface area contributed by atoms with Gasteiger partial charge in [-0.25, -0.2) is 4.79 Å². The number of methoxy groups -OCH3 is 1. The van der Waals surface area contributed by atoms with Gasteiger partial charge in [-0.1, -0.05) is 18.2 Å². The minimum absolute atomic E-state index is 0.252. The third kappa shape index (κ3) is 4.04. The lowest BCUT2D eigenvalue weighted by Crippen LogP contribution is -2.08. The van der Waals surface area contributed by atoms with E-state index in [4.69, 9.17) is 9.47 Å². The first-order valence-corrected chi connectivity index (χ1v) is 7.54. The molecule has 1 heterocycles. The molecule has 2 N–H and O–H groups in total. The summed E-state index contributed by atoms with van der Waals surface area (Å²) in [4.78, 5) is 26.9. The Hall–Kier alpha value is -3.02. The number of ether oxygens (including phenoxy) is 2. The highest BCUT2D eigenvalue weighted by Gasteiger charge is 2.20. The van der Waals surface area contributed by atoms with Crippen molar-refractivity contribution in [3.63, 3.8) is 0 Å². The third-order valence-corrected chi connectivity index (χ3v) is 3.29. The molecule has 0 aliphatic carbocycles. The van der Waals surface area contributed by atoms with Crippen LogP contribution in [0.4, 0.5) is 5.69 Å². The van der Waals surface area contributed by atoms with Crippen LogP contribution in [-0.2, 0) is 9.53 Å². The van der Waals surface area contributed by atoms with Crippen LogP contribution in [0.2, 0.25) is 0 Å². The Morgan fingerprint density at radius 2 is 1.96 bits per heavy atom. The van der Waals surface area contributed by atoms with Gasteiger partial charge in [0.2, 0.25) is 5.91 Å². The van der Waals surface area contributed by atoms with Crippen LogP contribution in [0.3, 0.4) is 0 Å².